The van der Waals surface area contributed by atoms with E-state index in [0.29, 0.717) is 11.5 Å². The number of carbonyl (C=O) groups is 1. The minimum absolute atomic E-state index is 0.0400. The van der Waals surface area contributed by atoms with Crippen LogP contribution in [0.5, 0.6) is 0 Å². The summed E-state index contributed by atoms with van der Waals surface area (Å²) in [7, 11) is 0. The molecule has 104 valence electrons. The molecule has 0 bridgehead atoms. The zero-order valence-electron chi connectivity index (χ0n) is 10.4. The van der Waals surface area contributed by atoms with Crippen LogP contribution in [0.4, 0.5) is 10.1 Å². The van der Waals surface area contributed by atoms with Gasteiger partial charge in [-0.2, -0.15) is 0 Å². The maximum Gasteiger partial charge on any atom is 0.270 e. The van der Waals surface area contributed by atoms with Crippen molar-refractivity contribution in [1.82, 2.24) is 10.5 Å². The Morgan fingerprint density at radius 1 is 1.50 bits per heavy atom. The zero-order valence-corrected chi connectivity index (χ0v) is 10.4. The third kappa shape index (κ3) is 2.97. The predicted octanol–water partition coefficient (Wildman–Crippen LogP) is 1.96. The summed E-state index contributed by atoms with van der Waals surface area (Å²) in [5.74, 6) is -1.01. The van der Waals surface area contributed by atoms with E-state index in [1.54, 1.807) is 13.0 Å². The van der Waals surface area contributed by atoms with E-state index in [1.165, 1.54) is 0 Å². The number of amides is 1. The number of benzene rings is 1. The average molecular weight is 279 g/mol. The molecule has 1 heterocycles. The van der Waals surface area contributed by atoms with Crippen molar-refractivity contribution in [3.63, 3.8) is 0 Å². The van der Waals surface area contributed by atoms with E-state index in [9.17, 15) is 19.3 Å². The number of aryl methyl sites for hydroxylation is 1. The molecule has 0 radical (unpaired) electrons. The van der Waals surface area contributed by atoms with Crippen molar-refractivity contribution in [1.29, 1.82) is 0 Å². The van der Waals surface area contributed by atoms with Gasteiger partial charge in [0.2, 0.25) is 0 Å². The minimum Gasteiger partial charge on any atom is -0.361 e. The smallest absolute Gasteiger partial charge is 0.270 e. The van der Waals surface area contributed by atoms with E-state index in [0.717, 1.165) is 18.2 Å². The first-order valence-corrected chi connectivity index (χ1v) is 5.61. The van der Waals surface area contributed by atoms with Gasteiger partial charge in [0.1, 0.15) is 17.3 Å². The third-order valence-electron chi connectivity index (χ3n) is 2.51. The average Bonchev–Trinajstić information content (AvgIpc) is 2.82. The molecule has 0 saturated carbocycles. The van der Waals surface area contributed by atoms with Crippen LogP contribution in [0.1, 0.15) is 21.8 Å². The lowest BCUT2D eigenvalue weighted by Gasteiger charge is -2.04. The fourth-order valence-corrected chi connectivity index (χ4v) is 1.57. The van der Waals surface area contributed by atoms with E-state index >= 15 is 0 Å². The predicted molar refractivity (Wildman–Crippen MR) is 65.5 cm³/mol. The molecular formula is C12H10FN3O4. The molecule has 0 spiro atoms. The summed E-state index contributed by atoms with van der Waals surface area (Å²) in [6.45, 7) is 1.73. The second-order valence-electron chi connectivity index (χ2n) is 4.03. The largest absolute Gasteiger partial charge is 0.361 e. The highest BCUT2D eigenvalue weighted by Crippen LogP contribution is 2.16. The number of nitrogens with zero attached hydrogens (tertiary/aromatic N) is 2. The van der Waals surface area contributed by atoms with Crippen molar-refractivity contribution in [3.8, 4) is 0 Å². The van der Waals surface area contributed by atoms with Crippen molar-refractivity contribution < 1.29 is 18.6 Å². The van der Waals surface area contributed by atoms with Crippen LogP contribution < -0.4 is 5.32 Å². The minimum atomic E-state index is -0.829. The number of non-ortho nitro benzene ring substituents is 1. The molecule has 1 aromatic heterocycles. The molecule has 0 aliphatic carbocycles. The topological polar surface area (TPSA) is 98.3 Å². The second-order valence-corrected chi connectivity index (χ2v) is 4.03. The Kier molecular flexibility index (Phi) is 3.74. The summed E-state index contributed by atoms with van der Waals surface area (Å²) in [6.07, 6.45) is 0. The number of halogens is 1. The van der Waals surface area contributed by atoms with Crippen LogP contribution >= 0.6 is 0 Å². The van der Waals surface area contributed by atoms with Crippen LogP contribution in [0, 0.1) is 22.9 Å². The van der Waals surface area contributed by atoms with Gasteiger partial charge in [-0.3, -0.25) is 14.9 Å². The van der Waals surface area contributed by atoms with Gasteiger partial charge >= 0.3 is 0 Å². The van der Waals surface area contributed by atoms with Crippen molar-refractivity contribution in [2.24, 2.45) is 0 Å². The van der Waals surface area contributed by atoms with Crippen LogP contribution in [-0.2, 0) is 6.54 Å². The fourth-order valence-electron chi connectivity index (χ4n) is 1.57. The molecule has 1 aromatic carbocycles. The fraction of sp³-hybridized carbons (Fsp3) is 0.167. The number of nitro groups is 1. The summed E-state index contributed by atoms with van der Waals surface area (Å²) in [6, 6.07) is 4.38. The summed E-state index contributed by atoms with van der Waals surface area (Å²) in [5.41, 5.74) is -0.269. The molecule has 20 heavy (non-hydrogen) atoms. The van der Waals surface area contributed by atoms with E-state index < -0.39 is 16.6 Å². The van der Waals surface area contributed by atoms with Gasteiger partial charge in [-0.1, -0.05) is 5.16 Å². The lowest BCUT2D eigenvalue weighted by Crippen LogP contribution is -2.24. The van der Waals surface area contributed by atoms with E-state index in [2.05, 4.69) is 10.5 Å². The molecule has 0 fully saturated rings. The third-order valence-corrected chi connectivity index (χ3v) is 2.51. The van der Waals surface area contributed by atoms with Gasteiger partial charge in [0.05, 0.1) is 17.0 Å². The normalized spacial score (nSPS) is 10.3. The molecule has 1 amide bonds. The Hall–Kier alpha value is -2.77. The van der Waals surface area contributed by atoms with Gasteiger partial charge in [-0.15, -0.1) is 0 Å². The van der Waals surface area contributed by atoms with Crippen LogP contribution in [-0.4, -0.2) is 16.0 Å². The Labute approximate surface area is 112 Å². The maximum absolute atomic E-state index is 13.5. The quantitative estimate of drug-likeness (QED) is 0.681. The van der Waals surface area contributed by atoms with Crippen LogP contribution in [0.2, 0.25) is 0 Å². The highest BCUT2D eigenvalue weighted by atomic mass is 19.1. The van der Waals surface area contributed by atoms with E-state index in [4.69, 9.17) is 4.52 Å². The lowest BCUT2D eigenvalue weighted by atomic mass is 10.1. The highest BCUT2D eigenvalue weighted by molar-refractivity contribution is 5.95. The summed E-state index contributed by atoms with van der Waals surface area (Å²) < 4.78 is 18.3. The molecule has 0 saturated heterocycles. The SMILES string of the molecule is Cc1cc(CNC(=O)c2cc([N+](=O)[O-])ccc2F)no1. The summed E-state index contributed by atoms with van der Waals surface area (Å²) in [5, 5.41) is 16.7. The van der Waals surface area contributed by atoms with Gasteiger partial charge in [-0.25, -0.2) is 4.39 Å². The van der Waals surface area contributed by atoms with Gasteiger partial charge in [0, 0.05) is 18.2 Å². The zero-order chi connectivity index (χ0) is 14.7. The standard InChI is InChI=1S/C12H10FN3O4/c1-7-4-8(15-20-7)6-14-12(17)10-5-9(16(18)19)2-3-11(10)13/h2-5H,6H2,1H3,(H,14,17). The molecule has 8 heteroatoms. The highest BCUT2D eigenvalue weighted by Gasteiger charge is 2.17. The molecule has 7 nitrogen and oxygen atoms in total. The molecule has 1 N–H and O–H groups in total. The van der Waals surface area contributed by atoms with Crippen LogP contribution in [0.3, 0.4) is 0 Å². The number of hydrogen-bond donors (Lipinski definition) is 1. The Morgan fingerprint density at radius 3 is 2.85 bits per heavy atom. The molecular weight excluding hydrogens is 269 g/mol. The van der Waals surface area contributed by atoms with Crippen LogP contribution in [0.25, 0.3) is 0 Å². The molecule has 0 aliphatic heterocycles. The monoisotopic (exact) mass is 279 g/mol. The first-order chi connectivity index (χ1) is 9.47. The number of hydrogen-bond acceptors (Lipinski definition) is 5. The number of carbonyl (C=O) groups excluding carboxylic acids is 1. The molecule has 0 atom stereocenters. The number of aromatic nitrogens is 1. The first-order valence-electron chi connectivity index (χ1n) is 5.61. The summed E-state index contributed by atoms with van der Waals surface area (Å²) in [4.78, 5) is 21.7. The van der Waals surface area contributed by atoms with Crippen LogP contribution in [0.15, 0.2) is 28.8 Å². The van der Waals surface area contributed by atoms with Gasteiger partial charge in [-0.05, 0) is 13.0 Å². The summed E-state index contributed by atoms with van der Waals surface area (Å²) >= 11 is 0. The Balaban J connectivity index is 2.12. The molecule has 2 rings (SSSR count). The Bertz CT molecular complexity index is 668. The van der Waals surface area contributed by atoms with Crippen molar-refractivity contribution in [2.45, 2.75) is 13.5 Å². The van der Waals surface area contributed by atoms with Gasteiger partial charge in [0.25, 0.3) is 11.6 Å². The van der Waals surface area contributed by atoms with Gasteiger partial charge in [0.15, 0.2) is 0 Å². The van der Waals surface area contributed by atoms with Crippen molar-refractivity contribution >= 4 is 11.6 Å². The lowest BCUT2D eigenvalue weighted by molar-refractivity contribution is -0.384. The van der Waals surface area contributed by atoms with Crippen molar-refractivity contribution in [2.75, 3.05) is 0 Å². The second kappa shape index (κ2) is 5.47. The molecule has 2 aromatic rings. The number of rotatable bonds is 4. The van der Waals surface area contributed by atoms with Gasteiger partial charge < -0.3 is 9.84 Å². The molecule has 0 unspecified atom stereocenters. The number of nitrogens with one attached hydrogen (secondary N) is 1. The Morgan fingerprint density at radius 2 is 2.25 bits per heavy atom. The maximum atomic E-state index is 13.5. The van der Waals surface area contributed by atoms with E-state index in [-0.39, 0.29) is 17.8 Å². The van der Waals surface area contributed by atoms with Crippen molar-refractivity contribution in [3.05, 3.63) is 57.2 Å². The van der Waals surface area contributed by atoms with E-state index in [1.807, 2.05) is 0 Å². The first kappa shape index (κ1) is 13.7. The molecule has 0 aliphatic rings. The number of nitro benzene ring substituents is 1.